The van der Waals surface area contributed by atoms with Gasteiger partial charge in [0.25, 0.3) is 0 Å². The lowest BCUT2D eigenvalue weighted by atomic mass is 9.78. The Kier molecular flexibility index (Phi) is 6.46. The number of hydrogen-bond acceptors (Lipinski definition) is 4. The Morgan fingerprint density at radius 1 is 1.00 bits per heavy atom. The highest BCUT2D eigenvalue weighted by Gasteiger charge is 2.44. The highest BCUT2D eigenvalue weighted by molar-refractivity contribution is 5.75. The van der Waals surface area contributed by atoms with Gasteiger partial charge in [0, 0.05) is 19.6 Å². The summed E-state index contributed by atoms with van der Waals surface area (Å²) in [7, 11) is 1.55. The minimum Gasteiger partial charge on any atom is -0.481 e. The molecule has 3 rings (SSSR count). The first-order valence-corrected chi connectivity index (χ1v) is 10.1. The van der Waals surface area contributed by atoms with Gasteiger partial charge < -0.3 is 19.5 Å². The lowest BCUT2D eigenvalue weighted by Crippen LogP contribution is -2.54. The van der Waals surface area contributed by atoms with Gasteiger partial charge in [0.2, 0.25) is 0 Å². The summed E-state index contributed by atoms with van der Waals surface area (Å²) in [4.78, 5) is 26.2. The van der Waals surface area contributed by atoms with E-state index in [1.807, 2.05) is 54.6 Å². The number of rotatable bonds is 4. The van der Waals surface area contributed by atoms with Crippen LogP contribution in [0.3, 0.4) is 0 Å². The molecule has 1 fully saturated rings. The quantitative estimate of drug-likeness (QED) is 0.807. The van der Waals surface area contributed by atoms with Crippen LogP contribution in [0.4, 0.5) is 4.79 Å². The highest BCUT2D eigenvalue weighted by Crippen LogP contribution is 2.37. The number of nitrogens with zero attached hydrogens (tertiary/aromatic N) is 1. The Balaban J connectivity index is 1.92. The van der Waals surface area contributed by atoms with Crippen molar-refractivity contribution in [3.63, 3.8) is 0 Å². The van der Waals surface area contributed by atoms with Gasteiger partial charge in [-0.3, -0.25) is 4.79 Å². The Bertz CT molecular complexity index is 890. The van der Waals surface area contributed by atoms with Crippen molar-refractivity contribution in [2.75, 3.05) is 20.2 Å². The van der Waals surface area contributed by atoms with Crippen LogP contribution in [0, 0.1) is 5.92 Å². The van der Waals surface area contributed by atoms with Crippen LogP contribution in [-0.4, -0.2) is 54.0 Å². The molecule has 2 aromatic carbocycles. The summed E-state index contributed by atoms with van der Waals surface area (Å²) < 4.78 is 11.1. The van der Waals surface area contributed by atoms with E-state index in [0.717, 1.165) is 16.7 Å². The average Bonchev–Trinajstić information content (AvgIpc) is 2.72. The molecule has 0 bridgehead atoms. The van der Waals surface area contributed by atoms with Crippen LogP contribution in [0.1, 0.15) is 32.3 Å². The molecule has 6 heteroatoms. The van der Waals surface area contributed by atoms with E-state index in [4.69, 9.17) is 9.47 Å². The van der Waals surface area contributed by atoms with Crippen molar-refractivity contribution >= 4 is 12.1 Å². The second-order valence-electron chi connectivity index (χ2n) is 8.62. The van der Waals surface area contributed by atoms with E-state index < -0.39 is 29.7 Å². The molecular weight excluding hydrogens is 382 g/mol. The summed E-state index contributed by atoms with van der Waals surface area (Å²) in [5.41, 5.74) is 2.31. The van der Waals surface area contributed by atoms with Gasteiger partial charge in [0.1, 0.15) is 5.60 Å². The van der Waals surface area contributed by atoms with Gasteiger partial charge in [0.15, 0.2) is 0 Å². The van der Waals surface area contributed by atoms with Crippen LogP contribution < -0.4 is 0 Å². The van der Waals surface area contributed by atoms with Gasteiger partial charge in [-0.05, 0) is 37.5 Å². The Labute approximate surface area is 177 Å². The highest BCUT2D eigenvalue weighted by atomic mass is 16.6. The summed E-state index contributed by atoms with van der Waals surface area (Å²) in [6.07, 6.45) is -0.981. The first kappa shape index (κ1) is 21.8. The third-order valence-electron chi connectivity index (χ3n) is 5.30. The van der Waals surface area contributed by atoms with Gasteiger partial charge in [-0.15, -0.1) is 0 Å². The predicted molar refractivity (Wildman–Crippen MR) is 114 cm³/mol. The summed E-state index contributed by atoms with van der Waals surface area (Å²) in [5.74, 6) is -2.14. The Morgan fingerprint density at radius 3 is 2.27 bits per heavy atom. The Hall–Kier alpha value is -2.86. The van der Waals surface area contributed by atoms with Crippen molar-refractivity contribution in [1.82, 2.24) is 4.90 Å². The normalized spacial score (nSPS) is 21.9. The standard InChI is InChI=1S/C24H29NO5/c1-24(2,3)30-23(28)25-14-19(22(26)27)21(20(15-25)29-4)18-12-8-11-17(13-18)16-9-6-5-7-10-16/h5-13,19-21H,14-15H2,1-4H3,(H,26,27)/t19-,20+,21+/m0/s1. The summed E-state index contributed by atoms with van der Waals surface area (Å²) >= 11 is 0. The van der Waals surface area contributed by atoms with E-state index in [1.165, 1.54) is 4.90 Å². The number of benzene rings is 2. The second-order valence-corrected chi connectivity index (χ2v) is 8.62. The smallest absolute Gasteiger partial charge is 0.410 e. The van der Waals surface area contributed by atoms with E-state index in [0.29, 0.717) is 0 Å². The van der Waals surface area contributed by atoms with Crippen LogP contribution in [0.25, 0.3) is 11.1 Å². The number of amides is 1. The molecule has 160 valence electrons. The maximum Gasteiger partial charge on any atom is 0.410 e. The van der Waals surface area contributed by atoms with E-state index in [2.05, 4.69) is 0 Å². The number of methoxy groups -OCH3 is 1. The second kappa shape index (κ2) is 8.88. The van der Waals surface area contributed by atoms with Crippen molar-refractivity contribution in [2.45, 2.75) is 38.4 Å². The fourth-order valence-corrected chi connectivity index (χ4v) is 3.95. The fourth-order valence-electron chi connectivity index (χ4n) is 3.95. The maximum atomic E-state index is 12.6. The van der Waals surface area contributed by atoms with Crippen molar-refractivity contribution in [3.8, 4) is 11.1 Å². The number of carbonyl (C=O) groups is 2. The number of ether oxygens (including phenoxy) is 2. The number of likely N-dealkylation sites (tertiary alicyclic amines) is 1. The van der Waals surface area contributed by atoms with Crippen LogP contribution in [0.2, 0.25) is 0 Å². The lowest BCUT2D eigenvalue weighted by molar-refractivity contribution is -0.147. The number of hydrogen-bond donors (Lipinski definition) is 1. The molecule has 6 nitrogen and oxygen atoms in total. The molecule has 3 atom stereocenters. The number of carboxylic acids is 1. The monoisotopic (exact) mass is 411 g/mol. The molecule has 1 amide bonds. The summed E-state index contributed by atoms with van der Waals surface area (Å²) in [6.45, 7) is 5.71. The molecule has 1 aliphatic rings. The van der Waals surface area contributed by atoms with Gasteiger partial charge in [-0.25, -0.2) is 4.79 Å². The van der Waals surface area contributed by atoms with Crippen molar-refractivity contribution in [2.24, 2.45) is 5.92 Å². The van der Waals surface area contributed by atoms with E-state index >= 15 is 0 Å². The van der Waals surface area contributed by atoms with E-state index in [-0.39, 0.29) is 19.0 Å². The van der Waals surface area contributed by atoms with Gasteiger partial charge >= 0.3 is 12.1 Å². The van der Waals surface area contributed by atoms with Gasteiger partial charge in [0.05, 0.1) is 18.6 Å². The average molecular weight is 411 g/mol. The molecule has 0 spiro atoms. The van der Waals surface area contributed by atoms with Crippen LogP contribution >= 0.6 is 0 Å². The van der Waals surface area contributed by atoms with Gasteiger partial charge in [-0.2, -0.15) is 0 Å². The largest absolute Gasteiger partial charge is 0.481 e. The number of aliphatic carboxylic acids is 1. The molecule has 0 unspecified atom stereocenters. The van der Waals surface area contributed by atoms with E-state index in [1.54, 1.807) is 27.9 Å². The molecule has 2 aromatic rings. The molecule has 1 heterocycles. The third-order valence-corrected chi connectivity index (χ3v) is 5.30. The summed E-state index contributed by atoms with van der Waals surface area (Å²) in [6, 6.07) is 17.8. The maximum absolute atomic E-state index is 12.6. The van der Waals surface area contributed by atoms with Crippen LogP contribution in [0.15, 0.2) is 54.6 Å². The lowest BCUT2D eigenvalue weighted by Gasteiger charge is -2.42. The number of piperidine rings is 1. The molecule has 0 aromatic heterocycles. The Morgan fingerprint density at radius 2 is 1.67 bits per heavy atom. The molecular formula is C24H29NO5. The zero-order valence-electron chi connectivity index (χ0n) is 17.9. The molecule has 30 heavy (non-hydrogen) atoms. The molecule has 1 saturated heterocycles. The molecule has 0 saturated carbocycles. The zero-order valence-corrected chi connectivity index (χ0v) is 17.9. The molecule has 0 aliphatic carbocycles. The van der Waals surface area contributed by atoms with Crippen molar-refractivity contribution < 1.29 is 24.2 Å². The van der Waals surface area contributed by atoms with Crippen LogP contribution in [-0.2, 0) is 14.3 Å². The summed E-state index contributed by atoms with van der Waals surface area (Å²) in [5, 5.41) is 9.97. The predicted octanol–water partition coefficient (Wildman–Crippen LogP) is 4.40. The topological polar surface area (TPSA) is 76.1 Å². The number of carboxylic acid groups (broad SMARTS) is 1. The fraction of sp³-hybridized carbons (Fsp3) is 0.417. The first-order chi connectivity index (χ1) is 14.2. The minimum absolute atomic E-state index is 0.0737. The SMILES string of the molecule is CO[C@@H]1CN(C(=O)OC(C)(C)C)C[C@H](C(=O)O)[C@H]1c1cccc(-c2ccccc2)c1. The van der Waals surface area contributed by atoms with E-state index in [9.17, 15) is 14.7 Å². The first-order valence-electron chi connectivity index (χ1n) is 10.1. The van der Waals surface area contributed by atoms with Crippen LogP contribution in [0.5, 0.6) is 0 Å². The third kappa shape index (κ3) is 5.00. The zero-order chi connectivity index (χ0) is 21.9. The van der Waals surface area contributed by atoms with Crippen molar-refractivity contribution in [3.05, 3.63) is 60.2 Å². The van der Waals surface area contributed by atoms with Gasteiger partial charge in [-0.1, -0.05) is 54.6 Å². The minimum atomic E-state index is -0.958. The molecule has 1 aliphatic heterocycles. The molecule has 0 radical (unpaired) electrons. The molecule has 1 N–H and O–H groups in total. The van der Waals surface area contributed by atoms with Crippen molar-refractivity contribution in [1.29, 1.82) is 0 Å². The number of carbonyl (C=O) groups excluding carboxylic acids is 1.